The maximum Gasteiger partial charge on any atom is 0.192 e. The average molecular weight is 233 g/mol. The molecule has 5 heteroatoms. The summed E-state index contributed by atoms with van der Waals surface area (Å²) >= 11 is 0. The molecule has 0 bridgehead atoms. The van der Waals surface area contributed by atoms with Gasteiger partial charge in [-0.2, -0.15) is 5.26 Å². The Morgan fingerprint density at radius 1 is 1.00 bits per heavy atom. The molecule has 4 fully saturated rings. The maximum absolute atomic E-state index is 8.78. The maximum atomic E-state index is 8.78. The third-order valence-corrected chi connectivity index (χ3v) is 5.01. The Morgan fingerprint density at radius 3 is 2.35 bits per heavy atom. The molecule has 0 aromatic rings. The number of nitriles is 1. The van der Waals surface area contributed by atoms with Crippen LogP contribution in [0, 0.1) is 11.3 Å². The largest absolute Gasteiger partial charge is 0.257 e. The van der Waals surface area contributed by atoms with Crippen LogP contribution in [-0.2, 0) is 0 Å². The number of hydrogen-bond acceptors (Lipinski definition) is 5. The van der Waals surface area contributed by atoms with E-state index < -0.39 is 0 Å². The molecule has 0 N–H and O–H groups in total. The van der Waals surface area contributed by atoms with Crippen molar-refractivity contribution in [1.29, 1.82) is 5.26 Å². The van der Waals surface area contributed by atoms with E-state index in [1.54, 1.807) is 0 Å². The fourth-order valence-electron chi connectivity index (χ4n) is 4.45. The van der Waals surface area contributed by atoms with Gasteiger partial charge in [-0.1, -0.05) is 0 Å². The Labute approximate surface area is 102 Å². The summed E-state index contributed by atoms with van der Waals surface area (Å²) in [6.45, 7) is 8.41. The summed E-state index contributed by atoms with van der Waals surface area (Å²) in [4.78, 5) is 10.6. The molecule has 4 heterocycles. The van der Waals surface area contributed by atoms with Gasteiger partial charge >= 0.3 is 0 Å². The van der Waals surface area contributed by atoms with E-state index >= 15 is 0 Å². The van der Waals surface area contributed by atoms with Crippen LogP contribution in [0.4, 0.5) is 0 Å². The van der Waals surface area contributed by atoms with E-state index in [2.05, 4.69) is 25.7 Å². The number of rotatable bonds is 2. The first-order valence-corrected chi connectivity index (χ1v) is 6.76. The highest BCUT2D eigenvalue weighted by Crippen LogP contribution is 2.47. The lowest BCUT2D eigenvalue weighted by Crippen LogP contribution is -2.59. The summed E-state index contributed by atoms with van der Waals surface area (Å²) in [5.74, 6) is 0.139. The van der Waals surface area contributed by atoms with E-state index in [1.807, 2.05) is 0 Å². The third-order valence-electron chi connectivity index (χ3n) is 5.01. The first-order valence-electron chi connectivity index (χ1n) is 6.76. The van der Waals surface area contributed by atoms with Crippen molar-refractivity contribution in [2.24, 2.45) is 0 Å². The summed E-state index contributed by atoms with van der Waals surface area (Å²) in [5.41, 5.74) is 0. The van der Waals surface area contributed by atoms with Gasteiger partial charge < -0.3 is 0 Å². The van der Waals surface area contributed by atoms with Gasteiger partial charge in [-0.3, -0.25) is 19.6 Å². The van der Waals surface area contributed by atoms with Crippen LogP contribution in [0.3, 0.4) is 0 Å². The summed E-state index contributed by atoms with van der Waals surface area (Å²) in [6.07, 6.45) is 1.74. The molecule has 0 saturated carbocycles. The SMILES string of the molecule is N#CCCC1CN2CCN3CCN4CCN1[C@]342. The quantitative estimate of drug-likeness (QED) is 0.645. The molecule has 1 spiro atoms. The summed E-state index contributed by atoms with van der Waals surface area (Å²) in [6, 6.07) is 2.90. The second-order valence-electron chi connectivity index (χ2n) is 5.56. The van der Waals surface area contributed by atoms with Crippen molar-refractivity contribution in [3.8, 4) is 6.07 Å². The molecule has 5 nitrogen and oxygen atoms in total. The van der Waals surface area contributed by atoms with Crippen molar-refractivity contribution in [2.45, 2.75) is 24.8 Å². The van der Waals surface area contributed by atoms with Crippen LogP contribution in [0.1, 0.15) is 12.8 Å². The van der Waals surface area contributed by atoms with Crippen LogP contribution in [-0.4, -0.2) is 77.4 Å². The lowest BCUT2D eigenvalue weighted by molar-refractivity contribution is -0.101. The van der Waals surface area contributed by atoms with Gasteiger partial charge in [-0.05, 0) is 6.42 Å². The summed E-state index contributed by atoms with van der Waals surface area (Å²) in [5, 5.41) is 8.78. The Kier molecular flexibility index (Phi) is 2.07. The number of hydrogen-bond donors (Lipinski definition) is 0. The minimum atomic E-state index is 0.139. The molecule has 0 aliphatic carbocycles. The zero-order chi connectivity index (χ0) is 11.5. The Bertz CT molecular complexity index is 367. The van der Waals surface area contributed by atoms with E-state index in [0.717, 1.165) is 13.0 Å². The molecule has 17 heavy (non-hydrogen) atoms. The van der Waals surface area contributed by atoms with Gasteiger partial charge in [-0.25, -0.2) is 0 Å². The van der Waals surface area contributed by atoms with Crippen LogP contribution >= 0.6 is 0 Å². The molecule has 4 rings (SSSR count). The van der Waals surface area contributed by atoms with Crippen molar-refractivity contribution in [3.63, 3.8) is 0 Å². The topological polar surface area (TPSA) is 36.8 Å². The molecule has 0 amide bonds. The molecule has 4 aliphatic rings. The van der Waals surface area contributed by atoms with Crippen molar-refractivity contribution in [3.05, 3.63) is 0 Å². The van der Waals surface area contributed by atoms with E-state index in [1.165, 1.54) is 39.3 Å². The van der Waals surface area contributed by atoms with E-state index in [0.29, 0.717) is 12.5 Å². The highest BCUT2D eigenvalue weighted by Gasteiger charge is 2.66. The fourth-order valence-corrected chi connectivity index (χ4v) is 4.45. The van der Waals surface area contributed by atoms with Crippen LogP contribution in [0.15, 0.2) is 0 Å². The zero-order valence-corrected chi connectivity index (χ0v) is 10.2. The van der Waals surface area contributed by atoms with Gasteiger partial charge in [0.1, 0.15) is 0 Å². The monoisotopic (exact) mass is 233 g/mol. The van der Waals surface area contributed by atoms with Crippen molar-refractivity contribution >= 4 is 0 Å². The predicted molar refractivity (Wildman–Crippen MR) is 62.8 cm³/mol. The van der Waals surface area contributed by atoms with Crippen molar-refractivity contribution in [1.82, 2.24) is 19.6 Å². The molecule has 4 aliphatic heterocycles. The van der Waals surface area contributed by atoms with Crippen LogP contribution < -0.4 is 0 Å². The van der Waals surface area contributed by atoms with Crippen LogP contribution in [0.25, 0.3) is 0 Å². The van der Waals surface area contributed by atoms with Crippen LogP contribution in [0.2, 0.25) is 0 Å². The minimum Gasteiger partial charge on any atom is -0.257 e. The molecule has 0 aromatic carbocycles. The molecule has 92 valence electrons. The van der Waals surface area contributed by atoms with Gasteiger partial charge in [0, 0.05) is 58.3 Å². The standard InChI is InChI=1S/C12H19N5/c13-3-1-2-11-10-16-7-6-14-4-5-15-8-9-17(11)12(14,15)16/h11H,1-2,4-10H2/t11?,12-/m1/s1. The first-order chi connectivity index (χ1) is 8.37. The fraction of sp³-hybridized carbons (Fsp3) is 0.917. The smallest absolute Gasteiger partial charge is 0.192 e. The highest BCUT2D eigenvalue weighted by atomic mass is 15.8. The molecular weight excluding hydrogens is 214 g/mol. The lowest BCUT2D eigenvalue weighted by atomic mass is 10.1. The first kappa shape index (κ1) is 10.3. The Morgan fingerprint density at radius 2 is 1.65 bits per heavy atom. The number of nitrogens with zero attached hydrogens (tertiary/aromatic N) is 5. The predicted octanol–water partition coefficient (Wildman–Crippen LogP) is -0.468. The van der Waals surface area contributed by atoms with Crippen LogP contribution in [0.5, 0.6) is 0 Å². The van der Waals surface area contributed by atoms with E-state index in [9.17, 15) is 0 Å². The molecule has 4 saturated heterocycles. The van der Waals surface area contributed by atoms with Crippen molar-refractivity contribution in [2.75, 3.05) is 45.8 Å². The van der Waals surface area contributed by atoms with Gasteiger partial charge in [0.15, 0.2) is 5.91 Å². The molecular formula is C12H19N5. The third kappa shape index (κ3) is 1.08. The Balaban J connectivity index is 1.66. The second-order valence-corrected chi connectivity index (χ2v) is 5.56. The molecule has 2 atom stereocenters. The summed E-state index contributed by atoms with van der Waals surface area (Å²) in [7, 11) is 0. The molecule has 0 radical (unpaired) electrons. The van der Waals surface area contributed by atoms with Gasteiger partial charge in [0.2, 0.25) is 0 Å². The molecule has 0 aromatic heterocycles. The second kappa shape index (κ2) is 3.42. The highest BCUT2D eigenvalue weighted by molar-refractivity contribution is 5.11. The minimum absolute atomic E-state index is 0.139. The van der Waals surface area contributed by atoms with E-state index in [4.69, 9.17) is 5.26 Å². The Hall–Kier alpha value is -0.670. The zero-order valence-electron chi connectivity index (χ0n) is 10.2. The van der Waals surface area contributed by atoms with Gasteiger partial charge in [0.25, 0.3) is 0 Å². The summed E-state index contributed by atoms with van der Waals surface area (Å²) < 4.78 is 0. The normalized spacial score (nSPS) is 41.9. The van der Waals surface area contributed by atoms with E-state index in [-0.39, 0.29) is 5.91 Å². The average Bonchev–Trinajstić information content (AvgIpc) is 2.96. The van der Waals surface area contributed by atoms with Gasteiger partial charge in [0.05, 0.1) is 6.07 Å². The molecule has 1 unspecified atom stereocenters. The van der Waals surface area contributed by atoms with Crippen molar-refractivity contribution < 1.29 is 0 Å². The van der Waals surface area contributed by atoms with Gasteiger partial charge in [-0.15, -0.1) is 0 Å². The lowest BCUT2D eigenvalue weighted by Gasteiger charge is -2.40.